The zero-order chi connectivity index (χ0) is 22.9. The van der Waals surface area contributed by atoms with E-state index in [1.165, 1.54) is 10.4 Å². The van der Waals surface area contributed by atoms with Crippen molar-refractivity contribution in [3.63, 3.8) is 0 Å². The maximum atomic E-state index is 13.1. The summed E-state index contributed by atoms with van der Waals surface area (Å²) < 4.78 is 27.2. The van der Waals surface area contributed by atoms with E-state index in [1.807, 2.05) is 32.0 Å². The van der Waals surface area contributed by atoms with E-state index in [-0.39, 0.29) is 22.5 Å². The number of sulfonamides is 1. The van der Waals surface area contributed by atoms with Gasteiger partial charge in [-0.3, -0.25) is 9.59 Å². The van der Waals surface area contributed by atoms with Crippen molar-refractivity contribution in [1.82, 2.24) is 9.21 Å². The highest BCUT2D eigenvalue weighted by atomic mass is 32.2. The van der Waals surface area contributed by atoms with Crippen molar-refractivity contribution in [3.8, 4) is 0 Å². The highest BCUT2D eigenvalue weighted by Gasteiger charge is 2.31. The molecule has 0 N–H and O–H groups in total. The Kier molecular flexibility index (Phi) is 6.49. The van der Waals surface area contributed by atoms with E-state index in [1.54, 1.807) is 23.1 Å². The topological polar surface area (TPSA) is 74.8 Å². The highest BCUT2D eigenvalue weighted by Crippen LogP contribution is 2.26. The van der Waals surface area contributed by atoms with Crippen LogP contribution in [0.1, 0.15) is 57.5 Å². The van der Waals surface area contributed by atoms with Gasteiger partial charge >= 0.3 is 0 Å². The standard InChI is InChI=1S/C25H30N2O4S/c1-18-8-9-23(19(2)16-18)24(28)20-10-14-26(15-11-20)25(29)21-6-5-7-22(17-21)32(30,31)27-12-3-4-13-27/h5-9,16-17,20H,3-4,10-15H2,1-2H3. The molecule has 0 aromatic heterocycles. The molecular weight excluding hydrogens is 424 g/mol. The lowest BCUT2D eigenvalue weighted by Crippen LogP contribution is -2.40. The van der Waals surface area contributed by atoms with Gasteiger partial charge in [0, 0.05) is 43.2 Å². The molecule has 7 heteroatoms. The molecule has 2 aromatic rings. The Morgan fingerprint density at radius 3 is 2.25 bits per heavy atom. The normalized spacial score (nSPS) is 18.1. The lowest BCUT2D eigenvalue weighted by atomic mass is 9.87. The molecule has 0 aliphatic carbocycles. The summed E-state index contributed by atoms with van der Waals surface area (Å²) in [5.41, 5.74) is 3.27. The number of hydrogen-bond donors (Lipinski definition) is 0. The molecule has 0 spiro atoms. The number of benzene rings is 2. The SMILES string of the molecule is Cc1ccc(C(=O)C2CCN(C(=O)c3cccc(S(=O)(=O)N4CCCC4)c3)CC2)c(C)c1. The molecular formula is C25H30N2O4S. The number of aryl methyl sites for hydroxylation is 2. The molecule has 0 saturated carbocycles. The molecule has 2 saturated heterocycles. The van der Waals surface area contributed by atoms with E-state index in [0.29, 0.717) is 44.6 Å². The third-order valence-electron chi connectivity index (χ3n) is 6.58. The van der Waals surface area contributed by atoms with Crippen molar-refractivity contribution in [2.24, 2.45) is 5.92 Å². The van der Waals surface area contributed by atoms with Crippen LogP contribution in [0.25, 0.3) is 0 Å². The molecule has 6 nitrogen and oxygen atoms in total. The maximum absolute atomic E-state index is 13.1. The zero-order valence-electron chi connectivity index (χ0n) is 18.7. The summed E-state index contributed by atoms with van der Waals surface area (Å²) >= 11 is 0. The van der Waals surface area contributed by atoms with Gasteiger partial charge in [0.05, 0.1) is 4.90 Å². The third-order valence-corrected chi connectivity index (χ3v) is 8.48. The summed E-state index contributed by atoms with van der Waals surface area (Å²) in [4.78, 5) is 28.0. The number of ketones is 1. The van der Waals surface area contributed by atoms with Crippen molar-refractivity contribution < 1.29 is 18.0 Å². The molecule has 0 radical (unpaired) electrons. The largest absolute Gasteiger partial charge is 0.339 e. The van der Waals surface area contributed by atoms with Crippen molar-refractivity contribution in [2.75, 3.05) is 26.2 Å². The van der Waals surface area contributed by atoms with E-state index < -0.39 is 10.0 Å². The molecule has 2 aliphatic rings. The van der Waals surface area contributed by atoms with Crippen LogP contribution in [-0.2, 0) is 10.0 Å². The Balaban J connectivity index is 1.43. The van der Waals surface area contributed by atoms with Gasteiger partial charge in [-0.2, -0.15) is 4.31 Å². The average molecular weight is 455 g/mol. The van der Waals surface area contributed by atoms with E-state index in [2.05, 4.69) is 0 Å². The number of amides is 1. The monoisotopic (exact) mass is 454 g/mol. The van der Waals surface area contributed by atoms with Crippen molar-refractivity contribution in [2.45, 2.75) is 44.4 Å². The van der Waals surface area contributed by atoms with Crippen LogP contribution in [0, 0.1) is 19.8 Å². The summed E-state index contributed by atoms with van der Waals surface area (Å²) in [7, 11) is -3.57. The van der Waals surface area contributed by atoms with E-state index in [4.69, 9.17) is 0 Å². The number of likely N-dealkylation sites (tertiary alicyclic amines) is 1. The molecule has 2 aliphatic heterocycles. The summed E-state index contributed by atoms with van der Waals surface area (Å²) in [6, 6.07) is 12.2. The second-order valence-corrected chi connectivity index (χ2v) is 10.8. The molecule has 0 bridgehead atoms. The maximum Gasteiger partial charge on any atom is 0.253 e. The molecule has 2 aromatic carbocycles. The van der Waals surface area contributed by atoms with Gasteiger partial charge in [0.2, 0.25) is 10.0 Å². The quantitative estimate of drug-likeness (QED) is 0.644. The molecule has 170 valence electrons. The van der Waals surface area contributed by atoms with Gasteiger partial charge in [0.1, 0.15) is 0 Å². The van der Waals surface area contributed by atoms with E-state index in [9.17, 15) is 18.0 Å². The predicted octanol–water partition coefficient (Wildman–Crippen LogP) is 3.82. The summed E-state index contributed by atoms with van der Waals surface area (Å²) in [6.07, 6.45) is 2.97. The lowest BCUT2D eigenvalue weighted by molar-refractivity contribution is 0.0650. The van der Waals surface area contributed by atoms with Crippen molar-refractivity contribution in [1.29, 1.82) is 0 Å². The minimum absolute atomic E-state index is 0.0951. The molecule has 1 amide bonds. The first-order valence-corrected chi connectivity index (χ1v) is 12.7. The van der Waals surface area contributed by atoms with E-state index in [0.717, 1.165) is 29.5 Å². The Hall–Kier alpha value is -2.51. The van der Waals surface area contributed by atoms with Crippen LogP contribution in [0.15, 0.2) is 47.4 Å². The number of carbonyl (C=O) groups excluding carboxylic acids is 2. The summed E-state index contributed by atoms with van der Waals surface area (Å²) in [5, 5.41) is 0. The fraction of sp³-hybridized carbons (Fsp3) is 0.440. The minimum Gasteiger partial charge on any atom is -0.339 e. The van der Waals surface area contributed by atoms with Crippen LogP contribution >= 0.6 is 0 Å². The highest BCUT2D eigenvalue weighted by molar-refractivity contribution is 7.89. The first-order valence-electron chi connectivity index (χ1n) is 11.3. The van der Waals surface area contributed by atoms with Crippen LogP contribution < -0.4 is 0 Å². The van der Waals surface area contributed by atoms with E-state index >= 15 is 0 Å². The predicted molar refractivity (Wildman–Crippen MR) is 123 cm³/mol. The first-order chi connectivity index (χ1) is 15.3. The Bertz CT molecular complexity index is 1130. The van der Waals surface area contributed by atoms with Crippen LogP contribution in [0.2, 0.25) is 0 Å². The zero-order valence-corrected chi connectivity index (χ0v) is 19.5. The first kappa shape index (κ1) is 22.7. The third kappa shape index (κ3) is 4.50. The van der Waals surface area contributed by atoms with Gasteiger partial charge in [-0.1, -0.05) is 29.8 Å². The molecule has 2 fully saturated rings. The molecule has 0 atom stereocenters. The average Bonchev–Trinajstić information content (AvgIpc) is 3.34. The van der Waals surface area contributed by atoms with Crippen molar-refractivity contribution >= 4 is 21.7 Å². The molecule has 2 heterocycles. The van der Waals surface area contributed by atoms with Gasteiger partial charge in [-0.25, -0.2) is 8.42 Å². The van der Waals surface area contributed by atoms with Crippen LogP contribution in [-0.4, -0.2) is 55.5 Å². The fourth-order valence-electron chi connectivity index (χ4n) is 4.70. The van der Waals surface area contributed by atoms with Gasteiger partial charge < -0.3 is 4.90 Å². The van der Waals surface area contributed by atoms with Gasteiger partial charge in [-0.15, -0.1) is 0 Å². The van der Waals surface area contributed by atoms with Crippen molar-refractivity contribution in [3.05, 3.63) is 64.7 Å². The Morgan fingerprint density at radius 1 is 0.906 bits per heavy atom. The number of piperidine rings is 1. The number of Topliss-reactive ketones (excluding diaryl/α,β-unsaturated/α-hetero) is 1. The number of nitrogens with zero attached hydrogens (tertiary/aromatic N) is 2. The lowest BCUT2D eigenvalue weighted by Gasteiger charge is -2.31. The van der Waals surface area contributed by atoms with Gasteiger partial charge in [0.15, 0.2) is 5.78 Å². The van der Waals surface area contributed by atoms with Gasteiger partial charge in [-0.05, 0) is 63.3 Å². The summed E-state index contributed by atoms with van der Waals surface area (Å²) in [6.45, 7) is 6.01. The number of hydrogen-bond acceptors (Lipinski definition) is 4. The second kappa shape index (κ2) is 9.16. The smallest absolute Gasteiger partial charge is 0.253 e. The second-order valence-electron chi connectivity index (χ2n) is 8.89. The van der Waals surface area contributed by atoms with Gasteiger partial charge in [0.25, 0.3) is 5.91 Å². The number of carbonyl (C=O) groups is 2. The Labute approximate surface area is 190 Å². The Morgan fingerprint density at radius 2 is 1.59 bits per heavy atom. The molecule has 32 heavy (non-hydrogen) atoms. The molecule has 0 unspecified atom stereocenters. The van der Waals surface area contributed by atoms with Crippen LogP contribution in [0.3, 0.4) is 0 Å². The summed E-state index contributed by atoms with van der Waals surface area (Å²) in [5.74, 6) is -0.128. The minimum atomic E-state index is -3.57. The van der Waals surface area contributed by atoms with Crippen LogP contribution in [0.5, 0.6) is 0 Å². The molecule has 4 rings (SSSR count). The fourth-order valence-corrected chi connectivity index (χ4v) is 6.27. The van der Waals surface area contributed by atoms with Crippen LogP contribution in [0.4, 0.5) is 0 Å². The number of rotatable bonds is 5.